The number of nitrogens with one attached hydrogen (secondary N) is 3. The van der Waals surface area contributed by atoms with Crippen molar-refractivity contribution in [2.45, 2.75) is 13.1 Å². The Hall–Kier alpha value is -2.41. The summed E-state index contributed by atoms with van der Waals surface area (Å²) in [5.41, 5.74) is 3.06. The maximum atomic E-state index is 6.03. The van der Waals surface area contributed by atoms with Crippen LogP contribution in [0.5, 0.6) is 0 Å². The minimum Gasteiger partial charge on any atom is -0.346 e. The number of hydrogen-bond acceptors (Lipinski definition) is 5. The normalized spacial score (nSPS) is 11.1. The summed E-state index contributed by atoms with van der Waals surface area (Å²) in [5.74, 6) is 0.806. The molecule has 4 aromatic rings. The van der Waals surface area contributed by atoms with Gasteiger partial charge in [-0.05, 0) is 35.2 Å². The third-order valence-electron chi connectivity index (χ3n) is 3.86. The number of anilines is 2. The second-order valence-corrected chi connectivity index (χ2v) is 7.02. The number of rotatable bonds is 6. The zero-order valence-electron chi connectivity index (χ0n) is 13.3. The molecule has 0 fully saturated rings. The number of nitrogens with zero attached hydrogens (tertiary/aromatic N) is 2. The van der Waals surface area contributed by atoms with Gasteiger partial charge in [-0.3, -0.25) is 0 Å². The molecule has 5 nitrogen and oxygen atoms in total. The number of fused-ring (bicyclic) bond motifs is 1. The molecule has 0 aliphatic rings. The number of aromatic nitrogens is 3. The van der Waals surface area contributed by atoms with E-state index >= 15 is 0 Å². The van der Waals surface area contributed by atoms with E-state index in [1.165, 1.54) is 10.4 Å². The third-order valence-corrected chi connectivity index (χ3v) is 5.01. The lowest BCUT2D eigenvalue weighted by Crippen LogP contribution is -2.12. The highest BCUT2D eigenvalue weighted by atomic mass is 35.5. The second-order valence-electron chi connectivity index (χ2n) is 5.58. The van der Waals surface area contributed by atoms with E-state index in [0.717, 1.165) is 40.7 Å². The van der Waals surface area contributed by atoms with Gasteiger partial charge in [-0.1, -0.05) is 23.7 Å². The Balaban J connectivity index is 1.45. The van der Waals surface area contributed by atoms with Crippen molar-refractivity contribution in [3.05, 3.63) is 69.8 Å². The smallest absolute Gasteiger partial charge is 0.143 e. The second kappa shape index (κ2) is 7.23. The number of H-pyrrole nitrogens is 1. The molecule has 4 rings (SSSR count). The van der Waals surface area contributed by atoms with Crippen LogP contribution in [-0.4, -0.2) is 15.0 Å². The van der Waals surface area contributed by atoms with Crippen LogP contribution in [0, 0.1) is 0 Å². The lowest BCUT2D eigenvalue weighted by Gasteiger charge is -2.09. The van der Waals surface area contributed by atoms with Crippen molar-refractivity contribution in [1.29, 1.82) is 0 Å². The van der Waals surface area contributed by atoms with Crippen molar-refractivity contribution in [2.24, 2.45) is 0 Å². The third kappa shape index (κ3) is 3.66. The lowest BCUT2D eigenvalue weighted by atomic mass is 10.2. The monoisotopic (exact) mass is 369 g/mol. The van der Waals surface area contributed by atoms with E-state index in [9.17, 15) is 0 Å². The van der Waals surface area contributed by atoms with Gasteiger partial charge in [0.2, 0.25) is 0 Å². The number of benzene rings is 1. The standard InChI is InChI=1S/C18H16ClN5S/c19-13-3-1-2-12(8-13)9-20-10-16-15(5-7-25-16)24-18-14-4-6-21-17(14)22-11-23-18/h1-8,11,20H,9-10H2,(H2,21,22,23,24). The van der Waals surface area contributed by atoms with Gasteiger partial charge in [0.05, 0.1) is 11.1 Å². The fourth-order valence-electron chi connectivity index (χ4n) is 2.66. The highest BCUT2D eigenvalue weighted by molar-refractivity contribution is 7.10. The summed E-state index contributed by atoms with van der Waals surface area (Å²) < 4.78 is 0. The van der Waals surface area contributed by atoms with Crippen LogP contribution in [0.1, 0.15) is 10.4 Å². The van der Waals surface area contributed by atoms with Crippen LogP contribution in [0.2, 0.25) is 5.02 Å². The Labute approximate surface area is 154 Å². The van der Waals surface area contributed by atoms with Gasteiger partial charge in [-0.25, -0.2) is 9.97 Å². The minimum absolute atomic E-state index is 0.761. The summed E-state index contributed by atoms with van der Waals surface area (Å²) in [6, 6.07) is 11.9. The number of thiophene rings is 1. The summed E-state index contributed by atoms with van der Waals surface area (Å²) in [5, 5.41) is 10.7. The van der Waals surface area contributed by atoms with Crippen molar-refractivity contribution in [3.63, 3.8) is 0 Å². The molecule has 0 unspecified atom stereocenters. The van der Waals surface area contributed by atoms with E-state index in [1.807, 2.05) is 30.5 Å². The highest BCUT2D eigenvalue weighted by Gasteiger charge is 2.09. The van der Waals surface area contributed by atoms with Gasteiger partial charge in [-0.2, -0.15) is 0 Å². The Kier molecular flexibility index (Phi) is 4.65. The first-order chi connectivity index (χ1) is 12.3. The van der Waals surface area contributed by atoms with Gasteiger partial charge < -0.3 is 15.6 Å². The summed E-state index contributed by atoms with van der Waals surface area (Å²) in [6.45, 7) is 1.54. The quantitative estimate of drug-likeness (QED) is 0.460. The van der Waals surface area contributed by atoms with Gasteiger partial charge in [0, 0.05) is 29.2 Å². The lowest BCUT2D eigenvalue weighted by molar-refractivity contribution is 0.702. The van der Waals surface area contributed by atoms with Crippen molar-refractivity contribution in [1.82, 2.24) is 20.3 Å². The average molecular weight is 370 g/mol. The van der Waals surface area contributed by atoms with E-state index in [2.05, 4.69) is 43.1 Å². The van der Waals surface area contributed by atoms with Crippen molar-refractivity contribution in [3.8, 4) is 0 Å². The maximum absolute atomic E-state index is 6.03. The molecule has 3 aromatic heterocycles. The molecule has 0 amide bonds. The SMILES string of the molecule is Clc1cccc(CNCc2sccc2Nc2ncnc3[nH]ccc23)c1. The fourth-order valence-corrected chi connectivity index (χ4v) is 3.67. The van der Waals surface area contributed by atoms with Crippen LogP contribution < -0.4 is 10.6 Å². The van der Waals surface area contributed by atoms with Crippen molar-refractivity contribution in [2.75, 3.05) is 5.32 Å². The summed E-state index contributed by atoms with van der Waals surface area (Å²) in [7, 11) is 0. The molecular formula is C18H16ClN5S. The molecule has 0 saturated heterocycles. The first-order valence-corrected chi connectivity index (χ1v) is 9.12. The van der Waals surface area contributed by atoms with Crippen LogP contribution >= 0.6 is 22.9 Å². The first kappa shape index (κ1) is 16.1. The molecule has 25 heavy (non-hydrogen) atoms. The molecule has 0 radical (unpaired) electrons. The van der Waals surface area contributed by atoms with E-state index in [-0.39, 0.29) is 0 Å². The predicted molar refractivity (Wildman–Crippen MR) is 103 cm³/mol. The van der Waals surface area contributed by atoms with Crippen molar-refractivity contribution < 1.29 is 0 Å². The number of hydrogen-bond donors (Lipinski definition) is 3. The molecule has 1 aromatic carbocycles. The molecule has 3 heterocycles. The van der Waals surface area contributed by atoms with Gasteiger partial charge >= 0.3 is 0 Å². The molecule has 0 saturated carbocycles. The molecule has 0 aliphatic carbocycles. The zero-order valence-corrected chi connectivity index (χ0v) is 14.9. The molecule has 0 spiro atoms. The summed E-state index contributed by atoms with van der Waals surface area (Å²) >= 11 is 7.74. The Morgan fingerprint density at radius 3 is 3.00 bits per heavy atom. The minimum atomic E-state index is 0.761. The fraction of sp³-hybridized carbons (Fsp3) is 0.111. The van der Waals surface area contributed by atoms with Crippen LogP contribution in [-0.2, 0) is 13.1 Å². The van der Waals surface area contributed by atoms with Crippen LogP contribution in [0.15, 0.2) is 54.3 Å². The molecular weight excluding hydrogens is 354 g/mol. The largest absolute Gasteiger partial charge is 0.346 e. The topological polar surface area (TPSA) is 65.6 Å². The highest BCUT2D eigenvalue weighted by Crippen LogP contribution is 2.28. The molecule has 126 valence electrons. The van der Waals surface area contributed by atoms with E-state index in [4.69, 9.17) is 11.6 Å². The van der Waals surface area contributed by atoms with Gasteiger partial charge in [-0.15, -0.1) is 11.3 Å². The Morgan fingerprint density at radius 2 is 2.08 bits per heavy atom. The number of halogens is 1. The predicted octanol–water partition coefficient (Wildman–Crippen LogP) is 4.71. The first-order valence-electron chi connectivity index (χ1n) is 7.86. The Bertz CT molecular complexity index is 994. The molecule has 7 heteroatoms. The summed E-state index contributed by atoms with van der Waals surface area (Å²) in [6.07, 6.45) is 3.43. The van der Waals surface area contributed by atoms with E-state index in [0.29, 0.717) is 0 Å². The van der Waals surface area contributed by atoms with Crippen molar-refractivity contribution >= 4 is 45.5 Å². The van der Waals surface area contributed by atoms with Crippen LogP contribution in [0.3, 0.4) is 0 Å². The molecule has 0 aliphatic heterocycles. The maximum Gasteiger partial charge on any atom is 0.143 e. The Morgan fingerprint density at radius 1 is 1.12 bits per heavy atom. The molecule has 3 N–H and O–H groups in total. The molecule has 0 bridgehead atoms. The van der Waals surface area contributed by atoms with Crippen LogP contribution in [0.25, 0.3) is 11.0 Å². The molecule has 0 atom stereocenters. The van der Waals surface area contributed by atoms with E-state index < -0.39 is 0 Å². The van der Waals surface area contributed by atoms with Crippen LogP contribution in [0.4, 0.5) is 11.5 Å². The van der Waals surface area contributed by atoms with Gasteiger partial charge in [0.1, 0.15) is 17.8 Å². The van der Waals surface area contributed by atoms with Gasteiger partial charge in [0.15, 0.2) is 0 Å². The summed E-state index contributed by atoms with van der Waals surface area (Å²) in [4.78, 5) is 12.9. The van der Waals surface area contributed by atoms with E-state index in [1.54, 1.807) is 17.7 Å². The van der Waals surface area contributed by atoms with Gasteiger partial charge in [0.25, 0.3) is 0 Å². The number of aromatic amines is 1. The zero-order chi connectivity index (χ0) is 17.1. The average Bonchev–Trinajstić information content (AvgIpc) is 3.25.